The minimum atomic E-state index is 0.0593. The summed E-state index contributed by atoms with van der Waals surface area (Å²) in [5.41, 5.74) is 1.96. The molecule has 26 heavy (non-hydrogen) atoms. The predicted octanol–water partition coefficient (Wildman–Crippen LogP) is 4.93. The molecule has 0 aliphatic heterocycles. The maximum Gasteiger partial charge on any atom is 0.251 e. The molecule has 2 bridgehead atoms. The van der Waals surface area contributed by atoms with Crippen LogP contribution in [0.4, 0.5) is 0 Å². The van der Waals surface area contributed by atoms with Crippen LogP contribution in [0.1, 0.15) is 48.5 Å². The van der Waals surface area contributed by atoms with Gasteiger partial charge in [-0.05, 0) is 79.8 Å². The van der Waals surface area contributed by atoms with E-state index in [1.165, 1.54) is 36.1 Å². The zero-order valence-electron chi connectivity index (χ0n) is 15.2. The summed E-state index contributed by atoms with van der Waals surface area (Å²) in [5, 5.41) is 3.25. The van der Waals surface area contributed by atoms with E-state index in [4.69, 9.17) is 0 Å². The molecule has 2 aliphatic carbocycles. The van der Waals surface area contributed by atoms with E-state index in [9.17, 15) is 4.79 Å². The number of nitrogens with zero attached hydrogens (tertiary/aromatic N) is 1. The third-order valence-electron chi connectivity index (χ3n) is 6.04. The van der Waals surface area contributed by atoms with Gasteiger partial charge in [0.2, 0.25) is 0 Å². The van der Waals surface area contributed by atoms with Gasteiger partial charge in [-0.15, -0.1) is 11.8 Å². The maximum absolute atomic E-state index is 12.6. The zero-order valence-corrected chi connectivity index (χ0v) is 16.0. The summed E-state index contributed by atoms with van der Waals surface area (Å²) in [6.45, 7) is 2.18. The van der Waals surface area contributed by atoms with E-state index in [1.54, 1.807) is 18.0 Å². The van der Waals surface area contributed by atoms with E-state index < -0.39 is 0 Å². The van der Waals surface area contributed by atoms with Gasteiger partial charge in [0.05, 0.1) is 0 Å². The number of amides is 1. The summed E-state index contributed by atoms with van der Waals surface area (Å²) in [4.78, 5) is 17.9. The van der Waals surface area contributed by atoms with Crippen molar-refractivity contribution in [3.8, 4) is 0 Å². The number of hydrogen-bond donors (Lipinski definition) is 1. The SMILES string of the molecule is CC(NC(=O)c1ccc(SCc2cccnc2)cc1)C1CC2CCC1C2. The molecule has 0 saturated heterocycles. The highest BCUT2D eigenvalue weighted by Gasteiger charge is 2.42. The van der Waals surface area contributed by atoms with Crippen molar-refractivity contribution < 1.29 is 4.79 Å². The second-order valence-corrected chi connectivity index (χ2v) is 8.82. The van der Waals surface area contributed by atoms with Crippen LogP contribution < -0.4 is 5.32 Å². The molecule has 1 amide bonds. The van der Waals surface area contributed by atoms with Gasteiger partial charge >= 0.3 is 0 Å². The van der Waals surface area contributed by atoms with Crippen molar-refractivity contribution in [1.82, 2.24) is 10.3 Å². The summed E-state index contributed by atoms with van der Waals surface area (Å²) in [5.74, 6) is 3.37. The Kier molecular flexibility index (Phi) is 5.30. The minimum absolute atomic E-state index is 0.0593. The standard InChI is InChI=1S/C22H26N2OS/c1-15(21-12-16-4-5-19(21)11-16)24-22(25)18-6-8-20(9-7-18)26-14-17-3-2-10-23-13-17/h2-3,6-10,13,15-16,19,21H,4-5,11-12,14H2,1H3,(H,24,25). The van der Waals surface area contributed by atoms with Crippen LogP contribution in [0, 0.1) is 17.8 Å². The number of thioether (sulfide) groups is 1. The van der Waals surface area contributed by atoms with Gasteiger partial charge in [0.25, 0.3) is 5.91 Å². The van der Waals surface area contributed by atoms with Gasteiger partial charge < -0.3 is 5.32 Å². The van der Waals surface area contributed by atoms with Crippen LogP contribution >= 0.6 is 11.8 Å². The Morgan fingerprint density at radius 3 is 2.73 bits per heavy atom. The Balaban J connectivity index is 1.30. The first-order valence-electron chi connectivity index (χ1n) is 9.61. The van der Waals surface area contributed by atoms with Gasteiger partial charge in [-0.1, -0.05) is 12.5 Å². The van der Waals surface area contributed by atoms with Crippen LogP contribution in [0.5, 0.6) is 0 Å². The molecular weight excluding hydrogens is 340 g/mol. The van der Waals surface area contributed by atoms with Crippen molar-refractivity contribution in [2.24, 2.45) is 17.8 Å². The molecule has 2 aliphatic rings. The second kappa shape index (κ2) is 7.83. The fourth-order valence-corrected chi connectivity index (χ4v) is 5.49. The lowest BCUT2D eigenvalue weighted by Gasteiger charge is -2.28. The molecule has 2 aromatic rings. The van der Waals surface area contributed by atoms with Crippen LogP contribution in [-0.2, 0) is 5.75 Å². The Bertz CT molecular complexity index is 746. The van der Waals surface area contributed by atoms with Crippen molar-refractivity contribution in [2.75, 3.05) is 0 Å². The normalized spacial score (nSPS) is 25.2. The highest BCUT2D eigenvalue weighted by atomic mass is 32.2. The number of benzene rings is 1. The maximum atomic E-state index is 12.6. The van der Waals surface area contributed by atoms with Gasteiger partial charge in [-0.25, -0.2) is 0 Å². The lowest BCUT2D eigenvalue weighted by molar-refractivity contribution is 0.0915. The highest BCUT2D eigenvalue weighted by molar-refractivity contribution is 7.98. The van der Waals surface area contributed by atoms with E-state index in [1.807, 2.05) is 36.5 Å². The number of pyridine rings is 1. The lowest BCUT2D eigenvalue weighted by atomic mass is 9.84. The van der Waals surface area contributed by atoms with Crippen molar-refractivity contribution in [2.45, 2.75) is 49.3 Å². The third-order valence-corrected chi connectivity index (χ3v) is 7.12. The Hall–Kier alpha value is -1.81. The first kappa shape index (κ1) is 17.6. The number of carbonyl (C=O) groups excluding carboxylic acids is 1. The third kappa shape index (κ3) is 3.96. The average molecular weight is 367 g/mol. The molecule has 4 unspecified atom stereocenters. The Morgan fingerprint density at radius 2 is 2.08 bits per heavy atom. The van der Waals surface area contributed by atoms with Gasteiger partial charge in [0.1, 0.15) is 0 Å². The molecule has 3 nitrogen and oxygen atoms in total. The first-order chi connectivity index (χ1) is 12.7. The largest absolute Gasteiger partial charge is 0.349 e. The number of rotatable bonds is 6. The quantitative estimate of drug-likeness (QED) is 0.737. The van der Waals surface area contributed by atoms with Gasteiger partial charge in [-0.2, -0.15) is 0 Å². The van der Waals surface area contributed by atoms with Crippen LogP contribution in [0.2, 0.25) is 0 Å². The summed E-state index contributed by atoms with van der Waals surface area (Å²) in [6, 6.07) is 12.3. The molecule has 4 heteroatoms. The summed E-state index contributed by atoms with van der Waals surface area (Å²) in [7, 11) is 0. The molecule has 2 fully saturated rings. The van der Waals surface area contributed by atoms with Crippen molar-refractivity contribution in [3.63, 3.8) is 0 Å². The van der Waals surface area contributed by atoms with Gasteiger partial charge in [0, 0.05) is 34.6 Å². The molecule has 2 saturated carbocycles. The number of hydrogen-bond acceptors (Lipinski definition) is 3. The first-order valence-corrected chi connectivity index (χ1v) is 10.6. The van der Waals surface area contributed by atoms with Crippen LogP contribution in [0.15, 0.2) is 53.7 Å². The lowest BCUT2D eigenvalue weighted by Crippen LogP contribution is -2.40. The van der Waals surface area contributed by atoms with Crippen LogP contribution in [0.25, 0.3) is 0 Å². The van der Waals surface area contributed by atoms with E-state index >= 15 is 0 Å². The topological polar surface area (TPSA) is 42.0 Å². The van der Waals surface area contributed by atoms with Gasteiger partial charge in [0.15, 0.2) is 0 Å². The number of aromatic nitrogens is 1. The molecule has 0 radical (unpaired) electrons. The average Bonchev–Trinajstić information content (AvgIpc) is 3.31. The van der Waals surface area contributed by atoms with Crippen LogP contribution in [0.3, 0.4) is 0 Å². The molecule has 0 spiro atoms. The molecule has 1 N–H and O–H groups in total. The summed E-state index contributed by atoms with van der Waals surface area (Å²) >= 11 is 1.76. The van der Waals surface area contributed by atoms with E-state index in [-0.39, 0.29) is 11.9 Å². The minimum Gasteiger partial charge on any atom is -0.349 e. The number of carbonyl (C=O) groups is 1. The monoisotopic (exact) mass is 366 g/mol. The van der Waals surface area contributed by atoms with Crippen molar-refractivity contribution in [3.05, 3.63) is 59.9 Å². The molecule has 1 aromatic heterocycles. The number of nitrogens with one attached hydrogen (secondary N) is 1. The highest BCUT2D eigenvalue weighted by Crippen LogP contribution is 2.49. The molecule has 4 atom stereocenters. The molecule has 136 valence electrons. The van der Waals surface area contributed by atoms with Gasteiger partial charge in [-0.3, -0.25) is 9.78 Å². The van der Waals surface area contributed by atoms with Crippen molar-refractivity contribution in [1.29, 1.82) is 0 Å². The molecule has 4 rings (SSSR count). The summed E-state index contributed by atoms with van der Waals surface area (Å²) < 4.78 is 0. The second-order valence-electron chi connectivity index (χ2n) is 7.78. The van der Waals surface area contributed by atoms with E-state index in [2.05, 4.69) is 23.3 Å². The molecular formula is C22H26N2OS. The predicted molar refractivity (Wildman–Crippen MR) is 106 cm³/mol. The molecule has 1 heterocycles. The van der Waals surface area contributed by atoms with E-state index in [0.29, 0.717) is 5.92 Å². The number of fused-ring (bicyclic) bond motifs is 2. The fourth-order valence-electron chi connectivity index (χ4n) is 4.66. The summed E-state index contributed by atoms with van der Waals surface area (Å²) in [6.07, 6.45) is 9.13. The zero-order chi connectivity index (χ0) is 17.9. The Labute approximate surface area is 160 Å². The Morgan fingerprint density at radius 1 is 1.23 bits per heavy atom. The smallest absolute Gasteiger partial charge is 0.251 e. The fraction of sp³-hybridized carbons (Fsp3) is 0.455. The van der Waals surface area contributed by atoms with Crippen molar-refractivity contribution >= 4 is 17.7 Å². The van der Waals surface area contributed by atoms with E-state index in [0.717, 1.165) is 23.2 Å². The molecule has 1 aromatic carbocycles. The van der Waals surface area contributed by atoms with Crippen LogP contribution in [-0.4, -0.2) is 16.9 Å².